The van der Waals surface area contributed by atoms with E-state index in [1.165, 1.54) is 23.1 Å². The Morgan fingerprint density at radius 3 is 2.95 bits per heavy atom. The van der Waals surface area contributed by atoms with Crippen molar-refractivity contribution in [2.45, 2.75) is 17.7 Å². The van der Waals surface area contributed by atoms with Gasteiger partial charge in [0, 0.05) is 11.6 Å². The number of rotatable bonds is 7. The number of nitrogens with zero attached hydrogens (tertiary/aromatic N) is 2. The van der Waals surface area contributed by atoms with E-state index in [0.717, 1.165) is 22.4 Å². The van der Waals surface area contributed by atoms with Crippen molar-refractivity contribution in [3.8, 4) is 0 Å². The molecule has 1 heterocycles. The SMILES string of the molecule is CCCNc1nnc(SCC(=O)Nc2cc(Cl)ccc2Cl)s1. The molecule has 2 aromatic rings. The third-order valence-electron chi connectivity index (χ3n) is 2.46. The second-order valence-corrected chi connectivity index (χ2v) is 7.30. The maximum absolute atomic E-state index is 11.9. The molecule has 1 aromatic carbocycles. The Hall–Kier alpha value is -1.02. The van der Waals surface area contributed by atoms with Gasteiger partial charge in [-0.3, -0.25) is 4.79 Å². The molecular weight excluding hydrogens is 363 g/mol. The fourth-order valence-corrected chi connectivity index (χ4v) is 3.39. The van der Waals surface area contributed by atoms with Crippen LogP contribution < -0.4 is 10.6 Å². The third kappa shape index (κ3) is 5.31. The zero-order valence-electron chi connectivity index (χ0n) is 11.7. The van der Waals surface area contributed by atoms with Gasteiger partial charge in [-0.2, -0.15) is 0 Å². The summed E-state index contributed by atoms with van der Waals surface area (Å²) in [5.74, 6) is 0.0538. The molecule has 5 nitrogen and oxygen atoms in total. The van der Waals surface area contributed by atoms with Gasteiger partial charge in [-0.05, 0) is 24.6 Å². The second-order valence-electron chi connectivity index (χ2n) is 4.26. The van der Waals surface area contributed by atoms with Crippen molar-refractivity contribution < 1.29 is 4.79 Å². The maximum Gasteiger partial charge on any atom is 0.234 e. The van der Waals surface area contributed by atoms with Crippen LogP contribution in [0.5, 0.6) is 0 Å². The first kappa shape index (κ1) is 17.3. The number of hydrogen-bond donors (Lipinski definition) is 2. The summed E-state index contributed by atoms with van der Waals surface area (Å²) in [5, 5.41) is 15.6. The highest BCUT2D eigenvalue weighted by atomic mass is 35.5. The first-order valence-electron chi connectivity index (χ1n) is 6.53. The van der Waals surface area contributed by atoms with E-state index in [-0.39, 0.29) is 11.7 Å². The van der Waals surface area contributed by atoms with Gasteiger partial charge in [0.15, 0.2) is 4.34 Å². The molecule has 1 aromatic heterocycles. The Labute approximate surface area is 146 Å². The van der Waals surface area contributed by atoms with Crippen molar-refractivity contribution in [2.24, 2.45) is 0 Å². The second kappa shape index (κ2) is 8.57. The standard InChI is InChI=1S/C13H14Cl2N4OS2/c1-2-5-16-12-18-19-13(22-12)21-7-11(20)17-10-6-8(14)3-4-9(10)15/h3-4,6H,2,5,7H2,1H3,(H,16,18)(H,17,20). The van der Waals surface area contributed by atoms with Crippen molar-refractivity contribution >= 4 is 63.0 Å². The van der Waals surface area contributed by atoms with Gasteiger partial charge < -0.3 is 10.6 Å². The Balaban J connectivity index is 1.85. The van der Waals surface area contributed by atoms with Crippen LogP contribution in [-0.4, -0.2) is 28.4 Å². The Kier molecular flexibility index (Phi) is 6.75. The van der Waals surface area contributed by atoms with E-state index in [1.54, 1.807) is 18.2 Å². The molecule has 0 aliphatic carbocycles. The number of benzene rings is 1. The fraction of sp³-hybridized carbons (Fsp3) is 0.308. The summed E-state index contributed by atoms with van der Waals surface area (Å²) in [5.41, 5.74) is 0.502. The molecule has 118 valence electrons. The Morgan fingerprint density at radius 2 is 2.18 bits per heavy atom. The molecular formula is C13H14Cl2N4OS2. The number of hydrogen-bond acceptors (Lipinski definition) is 6. The summed E-state index contributed by atoms with van der Waals surface area (Å²) < 4.78 is 0.742. The first-order valence-corrected chi connectivity index (χ1v) is 9.09. The van der Waals surface area contributed by atoms with Gasteiger partial charge in [-0.15, -0.1) is 10.2 Å². The molecule has 2 rings (SSSR count). The molecule has 2 N–H and O–H groups in total. The maximum atomic E-state index is 11.9. The van der Waals surface area contributed by atoms with E-state index in [0.29, 0.717) is 15.7 Å². The van der Waals surface area contributed by atoms with E-state index in [9.17, 15) is 4.79 Å². The highest BCUT2D eigenvalue weighted by Gasteiger charge is 2.10. The zero-order valence-corrected chi connectivity index (χ0v) is 14.9. The zero-order chi connectivity index (χ0) is 15.9. The summed E-state index contributed by atoms with van der Waals surface area (Å²) in [7, 11) is 0. The number of aromatic nitrogens is 2. The van der Waals surface area contributed by atoms with Crippen molar-refractivity contribution in [1.29, 1.82) is 0 Å². The molecule has 0 atom stereocenters. The van der Waals surface area contributed by atoms with Crippen LogP contribution >= 0.6 is 46.3 Å². The summed E-state index contributed by atoms with van der Waals surface area (Å²) in [4.78, 5) is 11.9. The number of nitrogens with one attached hydrogen (secondary N) is 2. The minimum absolute atomic E-state index is 0.174. The lowest BCUT2D eigenvalue weighted by Gasteiger charge is -2.06. The van der Waals surface area contributed by atoms with Crippen molar-refractivity contribution in [3.05, 3.63) is 28.2 Å². The molecule has 0 saturated heterocycles. The van der Waals surface area contributed by atoms with Gasteiger partial charge in [-0.1, -0.05) is 53.2 Å². The van der Waals surface area contributed by atoms with E-state index >= 15 is 0 Å². The minimum atomic E-state index is -0.174. The average Bonchev–Trinajstić information content (AvgIpc) is 2.95. The van der Waals surface area contributed by atoms with Crippen LogP contribution in [-0.2, 0) is 4.79 Å². The van der Waals surface area contributed by atoms with Gasteiger partial charge in [0.2, 0.25) is 11.0 Å². The van der Waals surface area contributed by atoms with Crippen molar-refractivity contribution in [2.75, 3.05) is 22.9 Å². The normalized spacial score (nSPS) is 10.5. The molecule has 0 spiro atoms. The largest absolute Gasteiger partial charge is 0.360 e. The predicted molar refractivity (Wildman–Crippen MR) is 94.5 cm³/mol. The van der Waals surface area contributed by atoms with E-state index in [4.69, 9.17) is 23.2 Å². The first-order chi connectivity index (χ1) is 10.6. The van der Waals surface area contributed by atoms with E-state index in [2.05, 4.69) is 27.8 Å². The molecule has 0 saturated carbocycles. The van der Waals surface area contributed by atoms with Crippen LogP contribution in [0.4, 0.5) is 10.8 Å². The predicted octanol–water partition coefficient (Wildman–Crippen LogP) is 4.40. The van der Waals surface area contributed by atoms with Crippen LogP contribution in [0.15, 0.2) is 22.5 Å². The number of anilines is 2. The topological polar surface area (TPSA) is 66.9 Å². The number of carbonyl (C=O) groups is 1. The molecule has 0 radical (unpaired) electrons. The minimum Gasteiger partial charge on any atom is -0.360 e. The number of halogens is 2. The monoisotopic (exact) mass is 376 g/mol. The van der Waals surface area contributed by atoms with Crippen LogP contribution in [0, 0.1) is 0 Å². The number of thioether (sulfide) groups is 1. The highest BCUT2D eigenvalue weighted by molar-refractivity contribution is 8.01. The average molecular weight is 377 g/mol. The third-order valence-corrected chi connectivity index (χ3v) is 5.04. The van der Waals surface area contributed by atoms with Crippen molar-refractivity contribution in [1.82, 2.24) is 10.2 Å². The van der Waals surface area contributed by atoms with Crippen LogP contribution in [0.2, 0.25) is 10.0 Å². The molecule has 9 heteroatoms. The quantitative estimate of drug-likeness (QED) is 0.701. The lowest BCUT2D eigenvalue weighted by atomic mass is 10.3. The lowest BCUT2D eigenvalue weighted by Crippen LogP contribution is -2.14. The molecule has 0 unspecified atom stereocenters. The highest BCUT2D eigenvalue weighted by Crippen LogP contribution is 2.27. The van der Waals surface area contributed by atoms with Crippen LogP contribution in [0.1, 0.15) is 13.3 Å². The fourth-order valence-electron chi connectivity index (χ4n) is 1.48. The Bertz CT molecular complexity index is 651. The van der Waals surface area contributed by atoms with Crippen molar-refractivity contribution in [3.63, 3.8) is 0 Å². The number of amides is 1. The summed E-state index contributed by atoms with van der Waals surface area (Å²) in [6.07, 6.45) is 1.02. The summed E-state index contributed by atoms with van der Waals surface area (Å²) in [6.45, 7) is 2.93. The lowest BCUT2D eigenvalue weighted by molar-refractivity contribution is -0.113. The van der Waals surface area contributed by atoms with Gasteiger partial charge in [0.1, 0.15) is 0 Å². The number of carbonyl (C=O) groups excluding carboxylic acids is 1. The van der Waals surface area contributed by atoms with Gasteiger partial charge in [-0.25, -0.2) is 0 Å². The molecule has 0 aliphatic rings. The van der Waals surface area contributed by atoms with Gasteiger partial charge in [0.25, 0.3) is 0 Å². The smallest absolute Gasteiger partial charge is 0.234 e. The molecule has 0 fully saturated rings. The summed E-state index contributed by atoms with van der Waals surface area (Å²) in [6, 6.07) is 4.92. The van der Waals surface area contributed by atoms with Crippen LogP contribution in [0.3, 0.4) is 0 Å². The Morgan fingerprint density at radius 1 is 1.36 bits per heavy atom. The van der Waals surface area contributed by atoms with Crippen LogP contribution in [0.25, 0.3) is 0 Å². The van der Waals surface area contributed by atoms with E-state index < -0.39 is 0 Å². The molecule has 22 heavy (non-hydrogen) atoms. The molecule has 1 amide bonds. The summed E-state index contributed by atoms with van der Waals surface area (Å²) >= 11 is 14.6. The molecule has 0 bridgehead atoms. The molecule has 0 aliphatic heterocycles. The van der Waals surface area contributed by atoms with Gasteiger partial charge >= 0.3 is 0 Å². The van der Waals surface area contributed by atoms with Gasteiger partial charge in [0.05, 0.1) is 16.5 Å². The van der Waals surface area contributed by atoms with E-state index in [1.807, 2.05) is 0 Å².